The molecule has 1 unspecified atom stereocenters. The van der Waals surface area contributed by atoms with Gasteiger partial charge in [0.25, 0.3) is 0 Å². The molecule has 4 aliphatic rings. The van der Waals surface area contributed by atoms with Crippen molar-refractivity contribution in [1.29, 1.82) is 0 Å². The number of aromatic nitrogens is 1. The van der Waals surface area contributed by atoms with Crippen molar-refractivity contribution in [2.75, 3.05) is 5.32 Å². The summed E-state index contributed by atoms with van der Waals surface area (Å²) in [6, 6.07) is 3.64. The van der Waals surface area contributed by atoms with E-state index >= 15 is 0 Å². The van der Waals surface area contributed by atoms with Crippen LogP contribution in [0.15, 0.2) is 18.3 Å². The molecule has 5 rings (SSSR count). The predicted octanol–water partition coefficient (Wildman–Crippen LogP) is 4.63. The Morgan fingerprint density at radius 2 is 1.81 bits per heavy atom. The van der Waals surface area contributed by atoms with Gasteiger partial charge in [-0.25, -0.2) is 9.37 Å². The van der Waals surface area contributed by atoms with E-state index in [9.17, 15) is 4.39 Å². The average Bonchev–Trinajstić information content (AvgIpc) is 2.39. The Morgan fingerprint density at radius 3 is 2.33 bits per heavy atom. The van der Waals surface area contributed by atoms with Gasteiger partial charge in [-0.2, -0.15) is 0 Å². The van der Waals surface area contributed by atoms with Crippen LogP contribution < -0.4 is 5.32 Å². The Kier molecular flexibility index (Phi) is 3.20. The SMILES string of the molecule is CC(CC12CC3CC(CC(C3)C1)C2)Nc1ccc(F)cn1. The molecule has 4 aliphatic carbocycles. The summed E-state index contributed by atoms with van der Waals surface area (Å²) in [4.78, 5) is 4.13. The van der Waals surface area contributed by atoms with E-state index in [1.807, 2.05) is 0 Å². The van der Waals surface area contributed by atoms with Gasteiger partial charge in [0.2, 0.25) is 0 Å². The molecule has 0 radical (unpaired) electrons. The molecule has 1 aromatic heterocycles. The highest BCUT2D eigenvalue weighted by Gasteiger charge is 2.50. The Labute approximate surface area is 126 Å². The molecule has 4 saturated carbocycles. The highest BCUT2D eigenvalue weighted by atomic mass is 19.1. The lowest BCUT2D eigenvalue weighted by Gasteiger charge is -2.57. The normalized spacial score (nSPS) is 38.5. The van der Waals surface area contributed by atoms with E-state index < -0.39 is 0 Å². The quantitative estimate of drug-likeness (QED) is 0.874. The Morgan fingerprint density at radius 1 is 1.19 bits per heavy atom. The third kappa shape index (κ3) is 2.67. The number of halogens is 1. The van der Waals surface area contributed by atoms with Gasteiger partial charge in [0.05, 0.1) is 6.20 Å². The summed E-state index contributed by atoms with van der Waals surface area (Å²) in [7, 11) is 0. The minimum absolute atomic E-state index is 0.269. The zero-order valence-corrected chi connectivity index (χ0v) is 12.8. The lowest BCUT2D eigenvalue weighted by molar-refractivity contribution is -0.0587. The van der Waals surface area contributed by atoms with Crippen LogP contribution in [0.5, 0.6) is 0 Å². The van der Waals surface area contributed by atoms with E-state index in [1.165, 1.54) is 57.2 Å². The van der Waals surface area contributed by atoms with Gasteiger partial charge < -0.3 is 5.32 Å². The van der Waals surface area contributed by atoms with Crippen LogP contribution >= 0.6 is 0 Å². The van der Waals surface area contributed by atoms with Crippen molar-refractivity contribution in [3.8, 4) is 0 Å². The van der Waals surface area contributed by atoms with E-state index in [0.717, 1.165) is 23.6 Å². The second kappa shape index (κ2) is 4.96. The summed E-state index contributed by atoms with van der Waals surface area (Å²) in [5.74, 6) is 3.55. The van der Waals surface area contributed by atoms with Crippen molar-refractivity contribution in [3.63, 3.8) is 0 Å². The molecule has 3 heteroatoms. The van der Waals surface area contributed by atoms with Crippen molar-refractivity contribution in [3.05, 3.63) is 24.1 Å². The smallest absolute Gasteiger partial charge is 0.141 e. The van der Waals surface area contributed by atoms with Gasteiger partial charge in [-0.05, 0) is 87.2 Å². The highest BCUT2D eigenvalue weighted by molar-refractivity contribution is 5.34. The number of hydrogen-bond acceptors (Lipinski definition) is 2. The molecule has 0 spiro atoms. The van der Waals surface area contributed by atoms with Gasteiger partial charge in [-0.15, -0.1) is 0 Å². The molecule has 1 aromatic rings. The van der Waals surface area contributed by atoms with E-state index in [0.29, 0.717) is 11.5 Å². The van der Waals surface area contributed by atoms with Crippen molar-refractivity contribution < 1.29 is 4.39 Å². The lowest BCUT2D eigenvalue weighted by Crippen LogP contribution is -2.47. The second-order valence-corrected chi connectivity index (χ2v) is 8.03. The number of nitrogens with one attached hydrogen (secondary N) is 1. The molecule has 21 heavy (non-hydrogen) atoms. The molecule has 0 saturated heterocycles. The fourth-order valence-electron chi connectivity index (χ4n) is 5.95. The van der Waals surface area contributed by atoms with Crippen LogP contribution in [0.25, 0.3) is 0 Å². The van der Waals surface area contributed by atoms with Gasteiger partial charge in [0.15, 0.2) is 0 Å². The first-order valence-corrected chi connectivity index (χ1v) is 8.48. The van der Waals surface area contributed by atoms with Crippen LogP contribution in [0.3, 0.4) is 0 Å². The van der Waals surface area contributed by atoms with Crippen LogP contribution in [0.4, 0.5) is 10.2 Å². The summed E-state index contributed by atoms with van der Waals surface area (Å²) in [6.45, 7) is 2.25. The first kappa shape index (κ1) is 13.5. The molecule has 0 aromatic carbocycles. The fraction of sp³-hybridized carbons (Fsp3) is 0.722. The van der Waals surface area contributed by atoms with Crippen LogP contribution in [0.2, 0.25) is 0 Å². The minimum atomic E-state index is -0.269. The van der Waals surface area contributed by atoms with Gasteiger partial charge in [0.1, 0.15) is 11.6 Å². The van der Waals surface area contributed by atoms with Gasteiger partial charge >= 0.3 is 0 Å². The fourth-order valence-corrected chi connectivity index (χ4v) is 5.95. The Hall–Kier alpha value is -1.12. The van der Waals surface area contributed by atoms with Crippen LogP contribution in [0, 0.1) is 29.0 Å². The highest BCUT2D eigenvalue weighted by Crippen LogP contribution is 2.61. The number of rotatable bonds is 4. The van der Waals surface area contributed by atoms with Crippen molar-refractivity contribution in [2.45, 2.75) is 57.9 Å². The summed E-state index contributed by atoms with van der Waals surface area (Å²) < 4.78 is 12.9. The Balaban J connectivity index is 1.42. The molecule has 0 amide bonds. The molecule has 114 valence electrons. The molecule has 1 heterocycles. The predicted molar refractivity (Wildman–Crippen MR) is 82.5 cm³/mol. The Bertz CT molecular complexity index is 475. The maximum Gasteiger partial charge on any atom is 0.141 e. The van der Waals surface area contributed by atoms with E-state index in [2.05, 4.69) is 17.2 Å². The zero-order valence-electron chi connectivity index (χ0n) is 12.8. The molecule has 1 N–H and O–H groups in total. The molecule has 0 aliphatic heterocycles. The maximum absolute atomic E-state index is 12.9. The molecular weight excluding hydrogens is 263 g/mol. The van der Waals surface area contributed by atoms with E-state index in [-0.39, 0.29) is 5.82 Å². The third-order valence-corrected chi connectivity index (χ3v) is 6.03. The monoisotopic (exact) mass is 288 g/mol. The van der Waals surface area contributed by atoms with Gasteiger partial charge in [-0.3, -0.25) is 0 Å². The summed E-state index contributed by atoms with van der Waals surface area (Å²) in [5, 5.41) is 3.47. The van der Waals surface area contributed by atoms with Crippen LogP contribution in [-0.2, 0) is 0 Å². The van der Waals surface area contributed by atoms with Gasteiger partial charge in [-0.1, -0.05) is 0 Å². The zero-order chi connectivity index (χ0) is 14.4. The number of nitrogens with zero attached hydrogens (tertiary/aromatic N) is 1. The van der Waals surface area contributed by atoms with Crippen LogP contribution in [-0.4, -0.2) is 11.0 Å². The summed E-state index contributed by atoms with van der Waals surface area (Å²) >= 11 is 0. The minimum Gasteiger partial charge on any atom is -0.368 e. The number of hydrogen-bond donors (Lipinski definition) is 1. The van der Waals surface area contributed by atoms with Crippen LogP contribution in [0.1, 0.15) is 51.9 Å². The number of pyridine rings is 1. The molecule has 2 nitrogen and oxygen atoms in total. The average molecular weight is 288 g/mol. The van der Waals surface area contributed by atoms with Crippen molar-refractivity contribution in [1.82, 2.24) is 4.98 Å². The molecular formula is C18H25FN2. The largest absolute Gasteiger partial charge is 0.368 e. The molecule has 4 bridgehead atoms. The molecule has 1 atom stereocenters. The topological polar surface area (TPSA) is 24.9 Å². The van der Waals surface area contributed by atoms with Gasteiger partial charge in [0, 0.05) is 6.04 Å². The lowest BCUT2D eigenvalue weighted by atomic mass is 9.48. The first-order chi connectivity index (χ1) is 10.1. The maximum atomic E-state index is 12.9. The number of anilines is 1. The summed E-state index contributed by atoms with van der Waals surface area (Å²) in [6.07, 6.45) is 11.4. The first-order valence-electron chi connectivity index (χ1n) is 8.48. The third-order valence-electron chi connectivity index (χ3n) is 6.03. The summed E-state index contributed by atoms with van der Waals surface area (Å²) in [5.41, 5.74) is 0.585. The van der Waals surface area contributed by atoms with E-state index in [1.54, 1.807) is 6.07 Å². The van der Waals surface area contributed by atoms with Crippen molar-refractivity contribution in [2.24, 2.45) is 23.2 Å². The standard InChI is InChI=1S/C18H25FN2/c1-12(21-17-3-2-16(19)11-20-17)7-18-8-13-4-14(9-18)6-15(5-13)10-18/h2-3,11-15H,4-10H2,1H3,(H,20,21). The van der Waals surface area contributed by atoms with E-state index in [4.69, 9.17) is 0 Å². The molecule has 4 fully saturated rings. The second-order valence-electron chi connectivity index (χ2n) is 8.03. The van der Waals surface area contributed by atoms with Crippen molar-refractivity contribution >= 4 is 5.82 Å².